The summed E-state index contributed by atoms with van der Waals surface area (Å²) in [6, 6.07) is 0. The molecule has 4 heteroatoms. The van der Waals surface area contributed by atoms with Crippen molar-refractivity contribution in [2.75, 3.05) is 27.7 Å². The third-order valence-electron chi connectivity index (χ3n) is 3.93. The van der Waals surface area contributed by atoms with Crippen molar-refractivity contribution in [2.45, 2.75) is 90.4 Å². The quantitative estimate of drug-likeness (QED) is 0.371. The Morgan fingerprint density at radius 1 is 0.739 bits per heavy atom. The van der Waals surface area contributed by atoms with Gasteiger partial charge in [-0.1, -0.05) is 77.6 Å². The van der Waals surface area contributed by atoms with Gasteiger partial charge in [0.05, 0.1) is 27.7 Å². The molecule has 1 N–H and O–H groups in total. The third-order valence-corrected chi connectivity index (χ3v) is 3.93. The van der Waals surface area contributed by atoms with Crippen LogP contribution in [0.25, 0.3) is 0 Å². The first-order valence-corrected chi connectivity index (χ1v) is 9.50. The van der Waals surface area contributed by atoms with Crippen molar-refractivity contribution < 1.29 is 19.5 Å². The average molecular weight is 332 g/mol. The fourth-order valence-corrected chi connectivity index (χ4v) is 2.60. The number of unbranched alkanes of at least 4 members (excludes halogenated alkanes) is 12. The number of nitrogens with zero attached hydrogens (tertiary/aromatic N) is 1. The molecule has 4 nitrogen and oxygen atoms in total. The summed E-state index contributed by atoms with van der Waals surface area (Å²) in [5.74, 6) is 0. The molecule has 0 aromatic heterocycles. The van der Waals surface area contributed by atoms with Crippen molar-refractivity contribution in [3.63, 3.8) is 0 Å². The highest BCUT2D eigenvalue weighted by Gasteiger charge is 2.04. The van der Waals surface area contributed by atoms with E-state index in [1.165, 1.54) is 90.0 Å². The van der Waals surface area contributed by atoms with Crippen LogP contribution in [0.15, 0.2) is 0 Å². The highest BCUT2D eigenvalue weighted by atomic mass is 16.6. The van der Waals surface area contributed by atoms with Gasteiger partial charge in [0.15, 0.2) is 0 Å². The molecule has 0 aromatic rings. The van der Waals surface area contributed by atoms with Crippen LogP contribution in [-0.2, 0) is 0 Å². The van der Waals surface area contributed by atoms with Crippen LogP contribution in [0.3, 0.4) is 0 Å². The summed E-state index contributed by atoms with van der Waals surface area (Å²) in [4.78, 5) is 8.44. The molecular weight excluding hydrogens is 290 g/mol. The summed E-state index contributed by atoms with van der Waals surface area (Å²) in [5, 5.41) is 15.3. The molecule has 0 radical (unpaired) electrons. The maximum absolute atomic E-state index is 8.44. The van der Waals surface area contributed by atoms with Crippen molar-refractivity contribution in [3.05, 3.63) is 0 Å². The van der Waals surface area contributed by atoms with E-state index in [2.05, 4.69) is 28.1 Å². The monoisotopic (exact) mass is 331 g/mol. The molecule has 0 unspecified atom stereocenters. The van der Waals surface area contributed by atoms with Crippen LogP contribution in [0.1, 0.15) is 90.4 Å². The first-order valence-electron chi connectivity index (χ1n) is 9.50. The summed E-state index contributed by atoms with van der Waals surface area (Å²) >= 11 is 0. The zero-order valence-electron chi connectivity index (χ0n) is 16.1. The van der Waals surface area contributed by atoms with Gasteiger partial charge >= 0.3 is 0 Å². The number of hydrogen-bond acceptors (Lipinski definition) is 2. The lowest BCUT2D eigenvalue weighted by molar-refractivity contribution is -0.870. The number of rotatable bonds is 14. The molecule has 0 atom stereocenters. The molecule has 0 aromatic carbocycles. The van der Waals surface area contributed by atoms with E-state index in [-0.39, 0.29) is 0 Å². The van der Waals surface area contributed by atoms with Gasteiger partial charge in [-0.15, -0.1) is 0 Å². The highest BCUT2D eigenvalue weighted by Crippen LogP contribution is 2.12. The van der Waals surface area contributed by atoms with E-state index in [0.29, 0.717) is 0 Å². The minimum absolute atomic E-state index is 1.12. The van der Waals surface area contributed by atoms with Crippen LogP contribution in [0, 0.1) is 0 Å². The fourth-order valence-electron chi connectivity index (χ4n) is 2.60. The van der Waals surface area contributed by atoms with Gasteiger partial charge in [-0.25, -0.2) is 0 Å². The van der Waals surface area contributed by atoms with E-state index < -0.39 is 6.16 Å². The molecule has 23 heavy (non-hydrogen) atoms. The van der Waals surface area contributed by atoms with E-state index in [9.17, 15) is 0 Å². The minimum atomic E-state index is -2.08. The molecule has 0 spiro atoms. The van der Waals surface area contributed by atoms with Crippen LogP contribution < -0.4 is 5.11 Å². The Hall–Kier alpha value is -0.770. The van der Waals surface area contributed by atoms with Gasteiger partial charge in [-0.05, 0) is 12.8 Å². The van der Waals surface area contributed by atoms with Crippen LogP contribution in [0.2, 0.25) is 0 Å². The molecule has 0 aliphatic rings. The van der Waals surface area contributed by atoms with Gasteiger partial charge in [0.25, 0.3) is 0 Å². The Bertz CT molecular complexity index is 245. The normalized spacial score (nSPS) is 11.0. The molecule has 0 saturated carbocycles. The molecule has 0 rings (SSSR count). The van der Waals surface area contributed by atoms with Gasteiger partial charge < -0.3 is 19.5 Å². The molecule has 0 aliphatic heterocycles. The zero-order chi connectivity index (χ0) is 18.0. The van der Waals surface area contributed by atoms with Gasteiger partial charge in [0.1, 0.15) is 0 Å². The average Bonchev–Trinajstić information content (AvgIpc) is 2.42. The lowest BCUT2D eigenvalue weighted by Crippen LogP contribution is -2.35. The van der Waals surface area contributed by atoms with Crippen molar-refractivity contribution >= 4 is 6.16 Å². The molecule has 0 amide bonds. The Labute approximate surface area is 144 Å². The molecule has 0 fully saturated rings. The maximum atomic E-state index is 8.44. The number of hydrogen-bond donors (Lipinski definition) is 1. The van der Waals surface area contributed by atoms with Crippen LogP contribution in [0.5, 0.6) is 0 Å². The summed E-state index contributed by atoms with van der Waals surface area (Å²) in [7, 11) is 6.88. The van der Waals surface area contributed by atoms with Gasteiger partial charge in [0.2, 0.25) is 6.16 Å². The van der Waals surface area contributed by atoms with E-state index >= 15 is 0 Å². The van der Waals surface area contributed by atoms with E-state index in [0.717, 1.165) is 4.48 Å². The smallest absolute Gasteiger partial charge is 0.249 e. The Morgan fingerprint density at radius 2 is 1.00 bits per heavy atom. The molecule has 0 saturated heterocycles. The lowest BCUT2D eigenvalue weighted by atomic mass is 10.0. The van der Waals surface area contributed by atoms with E-state index in [4.69, 9.17) is 15.0 Å². The van der Waals surface area contributed by atoms with Crippen molar-refractivity contribution in [2.24, 2.45) is 0 Å². The van der Waals surface area contributed by atoms with E-state index in [1.807, 2.05) is 0 Å². The number of carboxylic acid groups (broad SMARTS) is 2. The van der Waals surface area contributed by atoms with Gasteiger partial charge in [-0.3, -0.25) is 0 Å². The summed E-state index contributed by atoms with van der Waals surface area (Å²) in [6.07, 6.45) is 16.8. The minimum Gasteiger partial charge on any atom is -0.565 e. The Morgan fingerprint density at radius 3 is 1.26 bits per heavy atom. The molecule has 0 heterocycles. The maximum Gasteiger partial charge on any atom is 0.249 e. The van der Waals surface area contributed by atoms with Crippen LogP contribution in [0.4, 0.5) is 4.79 Å². The summed E-state index contributed by atoms with van der Waals surface area (Å²) in [6.45, 7) is 3.62. The fraction of sp³-hybridized carbons (Fsp3) is 0.947. The Kier molecular flexibility index (Phi) is 18.7. The van der Waals surface area contributed by atoms with Gasteiger partial charge in [0, 0.05) is 0 Å². The van der Waals surface area contributed by atoms with Crippen molar-refractivity contribution in [1.29, 1.82) is 0 Å². The summed E-state index contributed by atoms with van der Waals surface area (Å²) < 4.78 is 1.12. The highest BCUT2D eigenvalue weighted by molar-refractivity contribution is 5.50. The third kappa shape index (κ3) is 33.8. The van der Waals surface area contributed by atoms with Crippen molar-refractivity contribution in [1.82, 2.24) is 0 Å². The van der Waals surface area contributed by atoms with Crippen LogP contribution in [-0.4, -0.2) is 43.4 Å². The standard InChI is InChI=1S/C18H40N.CH2O3/c1-5-6-7-8-9-10-11-12-13-14-15-16-17-18-19(2,3)4;2-1(3)4/h5-18H2,1-4H3;(H2,2,3,4)/q+1;/p-1. The second kappa shape index (κ2) is 17.6. The Balaban J connectivity index is 0. The lowest BCUT2D eigenvalue weighted by Gasteiger charge is -2.23. The SMILES string of the molecule is CCCCCCCCCCCCCCC[N+](C)(C)C.O=C([O-])O. The predicted octanol–water partition coefficient (Wildman–Crippen LogP) is 4.67. The topological polar surface area (TPSA) is 60.4 Å². The molecular formula is C19H41NO3. The van der Waals surface area contributed by atoms with Gasteiger partial charge in [-0.2, -0.15) is 0 Å². The second-order valence-corrected chi connectivity index (χ2v) is 7.52. The van der Waals surface area contributed by atoms with Crippen molar-refractivity contribution in [3.8, 4) is 0 Å². The number of carbonyl (C=O) groups is 1. The summed E-state index contributed by atoms with van der Waals surface area (Å²) in [5.41, 5.74) is 0. The first-order chi connectivity index (χ1) is 10.8. The molecule has 0 bridgehead atoms. The largest absolute Gasteiger partial charge is 0.565 e. The molecule has 140 valence electrons. The van der Waals surface area contributed by atoms with E-state index in [1.54, 1.807) is 0 Å². The zero-order valence-corrected chi connectivity index (χ0v) is 16.1. The second-order valence-electron chi connectivity index (χ2n) is 7.52. The number of quaternary nitrogens is 1. The first kappa shape index (κ1) is 24.5. The van der Waals surface area contributed by atoms with Crippen LogP contribution >= 0.6 is 0 Å². The predicted molar refractivity (Wildman–Crippen MR) is 96.6 cm³/mol. The molecule has 0 aliphatic carbocycles.